The minimum absolute atomic E-state index is 0.401. The Balaban J connectivity index is 1.95. The predicted octanol–water partition coefficient (Wildman–Crippen LogP) is 1.32. The number of benzene rings is 1. The van der Waals surface area contributed by atoms with E-state index in [9.17, 15) is 0 Å². The number of methoxy groups -OCH3 is 1. The van der Waals surface area contributed by atoms with E-state index in [0.29, 0.717) is 23.3 Å². The minimum Gasteiger partial charge on any atom is -0.481 e. The van der Waals surface area contributed by atoms with Crippen molar-refractivity contribution in [1.82, 2.24) is 24.7 Å². The number of hydrogen-bond acceptors (Lipinski definition) is 6. The monoisotopic (exact) mass is 268 g/mol. The molecule has 7 nitrogen and oxygen atoms in total. The lowest BCUT2D eigenvalue weighted by Crippen LogP contribution is -2.02. The second kappa shape index (κ2) is 4.96. The number of hydrogen-bond donors (Lipinski definition) is 1. The molecule has 0 atom stereocenters. The van der Waals surface area contributed by atoms with E-state index in [4.69, 9.17) is 10.5 Å². The van der Waals surface area contributed by atoms with Gasteiger partial charge in [-0.2, -0.15) is 9.67 Å². The molecule has 0 bridgehead atoms. The van der Waals surface area contributed by atoms with Crippen molar-refractivity contribution < 1.29 is 4.74 Å². The summed E-state index contributed by atoms with van der Waals surface area (Å²) in [5.41, 5.74) is 7.23. The van der Waals surface area contributed by atoms with Gasteiger partial charge < -0.3 is 10.5 Å². The lowest BCUT2D eigenvalue weighted by atomic mass is 10.2. The molecule has 0 fully saturated rings. The first kappa shape index (κ1) is 12.1. The summed E-state index contributed by atoms with van der Waals surface area (Å²) in [6.45, 7) is 0. The summed E-state index contributed by atoms with van der Waals surface area (Å²) in [5.74, 6) is 1.45. The van der Waals surface area contributed by atoms with Crippen molar-refractivity contribution in [3.05, 3.63) is 42.9 Å². The van der Waals surface area contributed by atoms with Gasteiger partial charge in [0.05, 0.1) is 7.11 Å². The highest BCUT2D eigenvalue weighted by molar-refractivity contribution is 5.58. The lowest BCUT2D eigenvalue weighted by molar-refractivity contribution is 0.395. The van der Waals surface area contributed by atoms with E-state index < -0.39 is 0 Å². The van der Waals surface area contributed by atoms with Gasteiger partial charge in [0, 0.05) is 23.5 Å². The van der Waals surface area contributed by atoms with Gasteiger partial charge in [-0.1, -0.05) is 0 Å². The molecule has 0 spiro atoms. The van der Waals surface area contributed by atoms with Crippen molar-refractivity contribution in [3.63, 3.8) is 0 Å². The molecule has 0 aliphatic carbocycles. The highest BCUT2D eigenvalue weighted by Gasteiger charge is 2.08. The number of anilines is 1. The number of nitrogens with zero attached hydrogens (tertiary/aromatic N) is 5. The number of nitrogen functional groups attached to an aromatic ring is 1. The van der Waals surface area contributed by atoms with Crippen LogP contribution in [0.5, 0.6) is 5.88 Å². The van der Waals surface area contributed by atoms with Crippen LogP contribution in [0.1, 0.15) is 0 Å². The number of nitrogens with two attached hydrogens (primary N) is 1. The second-order valence-corrected chi connectivity index (χ2v) is 4.03. The Labute approximate surface area is 115 Å². The zero-order valence-electron chi connectivity index (χ0n) is 10.8. The van der Waals surface area contributed by atoms with Gasteiger partial charge in [-0.25, -0.2) is 9.97 Å². The van der Waals surface area contributed by atoms with E-state index in [2.05, 4.69) is 20.1 Å². The van der Waals surface area contributed by atoms with Crippen LogP contribution in [0.2, 0.25) is 0 Å². The van der Waals surface area contributed by atoms with Gasteiger partial charge in [-0.15, -0.1) is 5.10 Å². The quantitative estimate of drug-likeness (QED) is 0.720. The zero-order chi connectivity index (χ0) is 13.9. The molecule has 1 aromatic carbocycles. The molecule has 0 aliphatic rings. The number of rotatable bonds is 3. The van der Waals surface area contributed by atoms with Crippen molar-refractivity contribution in [2.75, 3.05) is 12.8 Å². The molecule has 0 saturated heterocycles. The van der Waals surface area contributed by atoms with Crippen LogP contribution in [0.15, 0.2) is 42.9 Å². The van der Waals surface area contributed by atoms with Crippen LogP contribution in [0.3, 0.4) is 0 Å². The van der Waals surface area contributed by atoms with E-state index in [-0.39, 0.29) is 0 Å². The maximum atomic E-state index is 5.65. The highest BCUT2D eigenvalue weighted by atomic mass is 16.5. The maximum absolute atomic E-state index is 5.65. The van der Waals surface area contributed by atoms with Gasteiger partial charge >= 0.3 is 0 Å². The fraction of sp³-hybridized carbons (Fsp3) is 0.0769. The van der Waals surface area contributed by atoms with Gasteiger partial charge in [-0.05, 0) is 24.3 Å². The average molecular weight is 268 g/mol. The van der Waals surface area contributed by atoms with Crippen LogP contribution in [0.4, 0.5) is 5.69 Å². The summed E-state index contributed by atoms with van der Waals surface area (Å²) in [6.07, 6.45) is 3.16. The second-order valence-electron chi connectivity index (χ2n) is 4.03. The van der Waals surface area contributed by atoms with Crippen molar-refractivity contribution in [2.45, 2.75) is 0 Å². The van der Waals surface area contributed by atoms with E-state index in [0.717, 1.165) is 5.56 Å². The number of ether oxygens (including phenoxy) is 1. The summed E-state index contributed by atoms with van der Waals surface area (Å²) in [7, 11) is 1.55. The van der Waals surface area contributed by atoms with Crippen molar-refractivity contribution in [3.8, 4) is 23.2 Å². The van der Waals surface area contributed by atoms with Crippen LogP contribution in [-0.2, 0) is 0 Å². The van der Waals surface area contributed by atoms with Crippen LogP contribution in [0, 0.1) is 0 Å². The van der Waals surface area contributed by atoms with Crippen LogP contribution in [-0.4, -0.2) is 31.8 Å². The molecule has 0 amide bonds. The molecule has 100 valence electrons. The summed E-state index contributed by atoms with van der Waals surface area (Å²) >= 11 is 0. The van der Waals surface area contributed by atoms with Crippen LogP contribution < -0.4 is 10.5 Å². The van der Waals surface area contributed by atoms with E-state index in [1.807, 2.05) is 12.1 Å². The molecule has 2 N–H and O–H groups in total. The van der Waals surface area contributed by atoms with E-state index in [1.165, 1.54) is 4.68 Å². The first-order chi connectivity index (χ1) is 9.76. The molecule has 2 aromatic heterocycles. The molecule has 3 aromatic rings. The Kier molecular flexibility index (Phi) is 3.00. The van der Waals surface area contributed by atoms with E-state index in [1.54, 1.807) is 37.8 Å². The third-order valence-corrected chi connectivity index (χ3v) is 2.69. The third kappa shape index (κ3) is 2.28. The smallest absolute Gasteiger partial charge is 0.255 e. The highest BCUT2D eigenvalue weighted by Crippen LogP contribution is 2.16. The van der Waals surface area contributed by atoms with Gasteiger partial charge in [0.2, 0.25) is 5.88 Å². The van der Waals surface area contributed by atoms with Crippen molar-refractivity contribution in [2.24, 2.45) is 0 Å². The Morgan fingerprint density at radius 1 is 1.10 bits per heavy atom. The average Bonchev–Trinajstić information content (AvgIpc) is 2.98. The molecule has 0 unspecified atom stereocenters. The Morgan fingerprint density at radius 3 is 2.65 bits per heavy atom. The third-order valence-electron chi connectivity index (χ3n) is 2.69. The topological polar surface area (TPSA) is 91.7 Å². The van der Waals surface area contributed by atoms with Gasteiger partial charge in [0.15, 0.2) is 5.82 Å². The summed E-state index contributed by atoms with van der Waals surface area (Å²) in [5, 5.41) is 4.34. The first-order valence-electron chi connectivity index (χ1n) is 5.91. The van der Waals surface area contributed by atoms with Crippen molar-refractivity contribution >= 4 is 5.69 Å². The molecule has 2 heterocycles. The summed E-state index contributed by atoms with van der Waals surface area (Å²) < 4.78 is 6.55. The summed E-state index contributed by atoms with van der Waals surface area (Å²) in [6, 6.07) is 9.00. The SMILES string of the molecule is COc1ccnc(-n2cnc(-c3ccc(N)cc3)n2)n1. The Hall–Kier alpha value is -2.96. The molecule has 0 radical (unpaired) electrons. The van der Waals surface area contributed by atoms with Crippen LogP contribution in [0.25, 0.3) is 17.3 Å². The molecule has 20 heavy (non-hydrogen) atoms. The Morgan fingerprint density at radius 2 is 1.90 bits per heavy atom. The lowest BCUT2D eigenvalue weighted by Gasteiger charge is -2.01. The van der Waals surface area contributed by atoms with Crippen molar-refractivity contribution in [1.29, 1.82) is 0 Å². The largest absolute Gasteiger partial charge is 0.481 e. The molecular weight excluding hydrogens is 256 g/mol. The minimum atomic E-state index is 0.401. The van der Waals surface area contributed by atoms with E-state index >= 15 is 0 Å². The molecule has 0 saturated carbocycles. The zero-order valence-corrected chi connectivity index (χ0v) is 10.8. The van der Waals surface area contributed by atoms with Gasteiger partial charge in [-0.3, -0.25) is 0 Å². The standard InChI is InChI=1S/C13H12N6O/c1-20-11-6-7-15-13(17-11)19-8-16-12(18-19)9-2-4-10(14)5-3-9/h2-8H,14H2,1H3. The molecular formula is C13H12N6O. The normalized spacial score (nSPS) is 10.4. The van der Waals surface area contributed by atoms with Gasteiger partial charge in [0.1, 0.15) is 6.33 Å². The fourth-order valence-corrected chi connectivity index (χ4v) is 1.68. The Bertz CT molecular complexity index is 722. The van der Waals surface area contributed by atoms with Crippen LogP contribution >= 0.6 is 0 Å². The molecule has 3 rings (SSSR count). The number of aromatic nitrogens is 5. The van der Waals surface area contributed by atoms with Gasteiger partial charge in [0.25, 0.3) is 5.95 Å². The first-order valence-corrected chi connectivity index (χ1v) is 5.91. The summed E-state index contributed by atoms with van der Waals surface area (Å²) in [4.78, 5) is 12.6. The molecule has 7 heteroatoms. The fourth-order valence-electron chi connectivity index (χ4n) is 1.68. The maximum Gasteiger partial charge on any atom is 0.255 e. The molecule has 0 aliphatic heterocycles. The predicted molar refractivity (Wildman–Crippen MR) is 73.3 cm³/mol.